The van der Waals surface area contributed by atoms with Gasteiger partial charge in [0.05, 0.1) is 4.92 Å². The fraction of sp³-hybridized carbons (Fsp3) is 0.200. The molecule has 0 bridgehead atoms. The highest BCUT2D eigenvalue weighted by atomic mass is 35.5. The molecule has 0 aliphatic heterocycles. The third kappa shape index (κ3) is 3.22. The first-order valence-electron chi connectivity index (χ1n) is 4.21. The SMILES string of the molecule is CC(=Cc1cc([N+](=O)[O-])ccc1Cl)CCl. The van der Waals surface area contributed by atoms with Crippen LogP contribution in [0.3, 0.4) is 0 Å². The van der Waals surface area contributed by atoms with Gasteiger partial charge in [-0.25, -0.2) is 0 Å². The van der Waals surface area contributed by atoms with E-state index in [0.717, 1.165) is 5.57 Å². The summed E-state index contributed by atoms with van der Waals surface area (Å²) in [4.78, 5) is 10.1. The molecule has 0 saturated heterocycles. The molecule has 0 unspecified atom stereocenters. The molecular weight excluding hydrogens is 237 g/mol. The number of non-ortho nitro benzene ring substituents is 1. The second-order valence-electron chi connectivity index (χ2n) is 3.09. The lowest BCUT2D eigenvalue weighted by molar-refractivity contribution is -0.384. The van der Waals surface area contributed by atoms with E-state index in [1.807, 2.05) is 6.92 Å². The minimum absolute atomic E-state index is 0.0213. The molecule has 80 valence electrons. The Labute approximate surface area is 97.5 Å². The van der Waals surface area contributed by atoms with Crippen molar-refractivity contribution in [3.8, 4) is 0 Å². The third-order valence-corrected chi connectivity index (χ3v) is 2.57. The molecule has 1 aromatic carbocycles. The van der Waals surface area contributed by atoms with E-state index in [1.54, 1.807) is 6.08 Å². The van der Waals surface area contributed by atoms with E-state index < -0.39 is 4.92 Å². The molecule has 0 heterocycles. The quantitative estimate of drug-likeness (QED) is 0.461. The Kier molecular flexibility index (Phi) is 4.12. The van der Waals surface area contributed by atoms with Gasteiger partial charge in [0.1, 0.15) is 0 Å². The number of hydrogen-bond donors (Lipinski definition) is 0. The van der Waals surface area contributed by atoms with Crippen molar-refractivity contribution >= 4 is 35.0 Å². The molecule has 1 rings (SSSR count). The van der Waals surface area contributed by atoms with E-state index in [2.05, 4.69) is 0 Å². The number of rotatable bonds is 3. The molecule has 0 N–H and O–H groups in total. The fourth-order valence-electron chi connectivity index (χ4n) is 1.06. The van der Waals surface area contributed by atoms with Gasteiger partial charge in [0.2, 0.25) is 0 Å². The second-order valence-corrected chi connectivity index (χ2v) is 3.76. The zero-order valence-corrected chi connectivity index (χ0v) is 9.55. The molecule has 0 aliphatic carbocycles. The molecule has 0 saturated carbocycles. The summed E-state index contributed by atoms with van der Waals surface area (Å²) in [5.41, 5.74) is 1.54. The van der Waals surface area contributed by atoms with Gasteiger partial charge >= 0.3 is 0 Å². The summed E-state index contributed by atoms with van der Waals surface area (Å²) in [6, 6.07) is 4.31. The summed E-state index contributed by atoms with van der Waals surface area (Å²) < 4.78 is 0. The van der Waals surface area contributed by atoms with Gasteiger partial charge in [0, 0.05) is 23.0 Å². The number of halogens is 2. The third-order valence-electron chi connectivity index (χ3n) is 1.80. The number of alkyl halides is 1. The molecule has 0 spiro atoms. The highest BCUT2D eigenvalue weighted by Crippen LogP contribution is 2.24. The van der Waals surface area contributed by atoms with Crippen LogP contribution >= 0.6 is 23.2 Å². The number of allylic oxidation sites excluding steroid dienone is 1. The maximum absolute atomic E-state index is 10.5. The summed E-state index contributed by atoms with van der Waals surface area (Å²) in [7, 11) is 0. The van der Waals surface area contributed by atoms with Crippen LogP contribution in [0.1, 0.15) is 12.5 Å². The number of hydrogen-bond acceptors (Lipinski definition) is 2. The lowest BCUT2D eigenvalue weighted by atomic mass is 10.1. The number of nitro benzene ring substituents is 1. The number of nitro groups is 1. The van der Waals surface area contributed by atoms with Gasteiger partial charge in [0.25, 0.3) is 5.69 Å². The van der Waals surface area contributed by atoms with E-state index in [9.17, 15) is 10.1 Å². The first-order chi connectivity index (χ1) is 7.04. The normalized spacial score (nSPS) is 11.5. The van der Waals surface area contributed by atoms with Crippen LogP contribution in [-0.2, 0) is 0 Å². The van der Waals surface area contributed by atoms with Gasteiger partial charge in [-0.1, -0.05) is 23.3 Å². The minimum Gasteiger partial charge on any atom is -0.258 e. The highest BCUT2D eigenvalue weighted by molar-refractivity contribution is 6.32. The molecule has 0 amide bonds. The van der Waals surface area contributed by atoms with Crippen LogP contribution < -0.4 is 0 Å². The average Bonchev–Trinajstić information content (AvgIpc) is 2.20. The Balaban J connectivity index is 3.17. The standard InChI is InChI=1S/C10H9Cl2NO2/c1-7(6-11)4-8-5-9(13(14)15)2-3-10(8)12/h2-5H,6H2,1H3. The summed E-state index contributed by atoms with van der Waals surface area (Å²) in [5.74, 6) is 0.374. The maximum Gasteiger partial charge on any atom is 0.270 e. The van der Waals surface area contributed by atoms with Gasteiger partial charge in [-0.3, -0.25) is 10.1 Å². The molecule has 15 heavy (non-hydrogen) atoms. The molecule has 3 nitrogen and oxygen atoms in total. The summed E-state index contributed by atoms with van der Waals surface area (Å²) in [6.45, 7) is 1.84. The molecule has 5 heteroatoms. The van der Waals surface area contributed by atoms with Crippen LogP contribution in [0.15, 0.2) is 23.8 Å². The first kappa shape index (κ1) is 12.0. The highest BCUT2D eigenvalue weighted by Gasteiger charge is 2.07. The number of benzene rings is 1. The topological polar surface area (TPSA) is 43.1 Å². The van der Waals surface area contributed by atoms with Crippen molar-refractivity contribution in [2.75, 3.05) is 5.88 Å². The van der Waals surface area contributed by atoms with Crippen molar-refractivity contribution < 1.29 is 4.92 Å². The van der Waals surface area contributed by atoms with Crippen molar-refractivity contribution in [1.29, 1.82) is 0 Å². The Morgan fingerprint density at radius 1 is 1.60 bits per heavy atom. The number of nitrogens with zero attached hydrogens (tertiary/aromatic N) is 1. The van der Waals surface area contributed by atoms with Crippen molar-refractivity contribution in [3.63, 3.8) is 0 Å². The fourth-order valence-corrected chi connectivity index (χ4v) is 1.31. The molecule has 0 aliphatic rings. The van der Waals surface area contributed by atoms with E-state index in [4.69, 9.17) is 23.2 Å². The predicted octanol–water partition coefficient (Wildman–Crippen LogP) is 3.89. The van der Waals surface area contributed by atoms with Crippen molar-refractivity contribution in [2.24, 2.45) is 0 Å². The van der Waals surface area contributed by atoms with Crippen molar-refractivity contribution in [2.45, 2.75) is 6.92 Å². The van der Waals surface area contributed by atoms with Gasteiger partial charge in [0.15, 0.2) is 0 Å². The first-order valence-corrected chi connectivity index (χ1v) is 5.13. The lowest BCUT2D eigenvalue weighted by Gasteiger charge is -2.00. The van der Waals surface area contributed by atoms with Crippen LogP contribution in [0.2, 0.25) is 5.02 Å². The van der Waals surface area contributed by atoms with E-state index in [0.29, 0.717) is 16.5 Å². The summed E-state index contributed by atoms with van der Waals surface area (Å²) >= 11 is 11.5. The molecular formula is C10H9Cl2NO2. The zero-order valence-electron chi connectivity index (χ0n) is 8.04. The van der Waals surface area contributed by atoms with E-state index >= 15 is 0 Å². The van der Waals surface area contributed by atoms with Gasteiger partial charge < -0.3 is 0 Å². The van der Waals surface area contributed by atoms with Gasteiger partial charge in [-0.2, -0.15) is 0 Å². The van der Waals surface area contributed by atoms with Crippen molar-refractivity contribution in [1.82, 2.24) is 0 Å². The Bertz CT molecular complexity index is 416. The Morgan fingerprint density at radius 2 is 2.27 bits per heavy atom. The van der Waals surface area contributed by atoms with Crippen LogP contribution in [0.4, 0.5) is 5.69 Å². The second kappa shape index (κ2) is 5.14. The monoisotopic (exact) mass is 245 g/mol. The van der Waals surface area contributed by atoms with Crippen LogP contribution in [0.5, 0.6) is 0 Å². The average molecular weight is 246 g/mol. The Hall–Kier alpha value is -1.06. The van der Waals surface area contributed by atoms with Crippen LogP contribution in [0.25, 0.3) is 6.08 Å². The lowest BCUT2D eigenvalue weighted by Crippen LogP contribution is -1.89. The van der Waals surface area contributed by atoms with E-state index in [1.165, 1.54) is 18.2 Å². The van der Waals surface area contributed by atoms with Crippen molar-refractivity contribution in [3.05, 3.63) is 44.5 Å². The van der Waals surface area contributed by atoms with Crippen LogP contribution in [0, 0.1) is 10.1 Å². The van der Waals surface area contributed by atoms with Gasteiger partial charge in [-0.05, 0) is 18.6 Å². The van der Waals surface area contributed by atoms with E-state index in [-0.39, 0.29) is 5.69 Å². The largest absolute Gasteiger partial charge is 0.270 e. The zero-order chi connectivity index (χ0) is 11.4. The summed E-state index contributed by atoms with van der Waals surface area (Å²) in [5, 5.41) is 11.0. The minimum atomic E-state index is -0.455. The molecule has 0 atom stereocenters. The Morgan fingerprint density at radius 3 is 2.80 bits per heavy atom. The van der Waals surface area contributed by atoms with Gasteiger partial charge in [-0.15, -0.1) is 11.6 Å². The molecule has 0 radical (unpaired) electrons. The summed E-state index contributed by atoms with van der Waals surface area (Å²) in [6.07, 6.45) is 1.74. The molecule has 1 aromatic rings. The predicted molar refractivity (Wildman–Crippen MR) is 62.5 cm³/mol. The maximum atomic E-state index is 10.5. The molecule has 0 fully saturated rings. The smallest absolute Gasteiger partial charge is 0.258 e. The van der Waals surface area contributed by atoms with Crippen LogP contribution in [-0.4, -0.2) is 10.8 Å². The molecule has 0 aromatic heterocycles.